The SMILES string of the molecule is CN(C)CC/C(=C/c1ccccc1)c1ccccc1. The summed E-state index contributed by atoms with van der Waals surface area (Å²) in [6.45, 7) is 1.06. The molecule has 0 fully saturated rings. The van der Waals surface area contributed by atoms with Crippen molar-refractivity contribution in [3.8, 4) is 0 Å². The van der Waals surface area contributed by atoms with Gasteiger partial charge in [-0.15, -0.1) is 0 Å². The van der Waals surface area contributed by atoms with Crippen LogP contribution in [0.1, 0.15) is 17.5 Å². The van der Waals surface area contributed by atoms with E-state index in [1.54, 1.807) is 0 Å². The predicted molar refractivity (Wildman–Crippen MR) is 83.9 cm³/mol. The fourth-order valence-corrected chi connectivity index (χ4v) is 2.05. The Balaban J connectivity index is 2.27. The van der Waals surface area contributed by atoms with Gasteiger partial charge in [0.1, 0.15) is 0 Å². The summed E-state index contributed by atoms with van der Waals surface area (Å²) in [4.78, 5) is 2.22. The molecule has 0 aromatic heterocycles. The number of rotatable bonds is 5. The Labute approximate surface area is 116 Å². The molecule has 19 heavy (non-hydrogen) atoms. The van der Waals surface area contributed by atoms with Crippen LogP contribution in [-0.4, -0.2) is 25.5 Å². The van der Waals surface area contributed by atoms with Crippen molar-refractivity contribution in [2.24, 2.45) is 0 Å². The van der Waals surface area contributed by atoms with Gasteiger partial charge < -0.3 is 4.90 Å². The van der Waals surface area contributed by atoms with Gasteiger partial charge in [0.15, 0.2) is 0 Å². The molecule has 2 rings (SSSR count). The molecule has 0 amide bonds. The van der Waals surface area contributed by atoms with Crippen LogP contribution in [0.3, 0.4) is 0 Å². The second-order valence-corrected chi connectivity index (χ2v) is 5.00. The van der Waals surface area contributed by atoms with Gasteiger partial charge in [0, 0.05) is 6.54 Å². The first kappa shape index (κ1) is 13.6. The molecule has 98 valence electrons. The molecule has 1 heteroatoms. The third-order valence-corrected chi connectivity index (χ3v) is 3.11. The Bertz CT molecular complexity index is 512. The lowest BCUT2D eigenvalue weighted by Gasteiger charge is -2.13. The van der Waals surface area contributed by atoms with E-state index in [-0.39, 0.29) is 0 Å². The van der Waals surface area contributed by atoms with Crippen molar-refractivity contribution in [1.29, 1.82) is 0 Å². The Morgan fingerprint density at radius 3 is 2.05 bits per heavy atom. The molecule has 0 unspecified atom stereocenters. The van der Waals surface area contributed by atoms with Gasteiger partial charge in [-0.05, 0) is 37.2 Å². The van der Waals surface area contributed by atoms with Gasteiger partial charge in [0.2, 0.25) is 0 Å². The molecule has 0 bridgehead atoms. The molecular weight excluding hydrogens is 230 g/mol. The largest absolute Gasteiger partial charge is 0.309 e. The molecule has 0 atom stereocenters. The molecule has 0 aliphatic rings. The van der Waals surface area contributed by atoms with E-state index in [0.717, 1.165) is 13.0 Å². The Hall–Kier alpha value is -1.86. The molecule has 0 saturated heterocycles. The molecule has 0 aliphatic heterocycles. The van der Waals surface area contributed by atoms with Crippen molar-refractivity contribution in [3.63, 3.8) is 0 Å². The van der Waals surface area contributed by atoms with E-state index in [4.69, 9.17) is 0 Å². The zero-order valence-electron chi connectivity index (χ0n) is 11.7. The highest BCUT2D eigenvalue weighted by atomic mass is 15.0. The van der Waals surface area contributed by atoms with E-state index in [9.17, 15) is 0 Å². The first-order chi connectivity index (χ1) is 9.25. The first-order valence-corrected chi connectivity index (χ1v) is 6.71. The Morgan fingerprint density at radius 2 is 1.47 bits per heavy atom. The minimum Gasteiger partial charge on any atom is -0.309 e. The van der Waals surface area contributed by atoms with Gasteiger partial charge in [0.25, 0.3) is 0 Å². The maximum Gasteiger partial charge on any atom is 0.00159 e. The number of hydrogen-bond acceptors (Lipinski definition) is 1. The van der Waals surface area contributed by atoms with Gasteiger partial charge in [-0.3, -0.25) is 0 Å². The van der Waals surface area contributed by atoms with Crippen LogP contribution in [-0.2, 0) is 0 Å². The standard InChI is InChI=1S/C18H21N/c1-19(2)14-13-18(17-11-7-4-8-12-17)15-16-9-5-3-6-10-16/h3-12,15H,13-14H2,1-2H3/b18-15-. The van der Waals surface area contributed by atoms with Crippen molar-refractivity contribution in [1.82, 2.24) is 4.90 Å². The summed E-state index contributed by atoms with van der Waals surface area (Å²) in [6.07, 6.45) is 3.35. The molecule has 0 saturated carbocycles. The average molecular weight is 251 g/mol. The molecular formula is C18H21N. The van der Waals surface area contributed by atoms with E-state index in [0.29, 0.717) is 0 Å². The zero-order valence-corrected chi connectivity index (χ0v) is 11.7. The molecule has 0 spiro atoms. The van der Waals surface area contributed by atoms with Crippen molar-refractivity contribution in [3.05, 3.63) is 71.8 Å². The summed E-state index contributed by atoms with van der Waals surface area (Å²) in [6, 6.07) is 21.2. The first-order valence-electron chi connectivity index (χ1n) is 6.71. The van der Waals surface area contributed by atoms with Gasteiger partial charge in [-0.25, -0.2) is 0 Å². The van der Waals surface area contributed by atoms with Crippen LogP contribution in [0.5, 0.6) is 0 Å². The van der Waals surface area contributed by atoms with Crippen molar-refractivity contribution < 1.29 is 0 Å². The van der Waals surface area contributed by atoms with Gasteiger partial charge in [-0.1, -0.05) is 66.7 Å². The second kappa shape index (κ2) is 6.91. The quantitative estimate of drug-likeness (QED) is 0.721. The predicted octanol–water partition coefficient (Wildman–Crippen LogP) is 4.18. The molecule has 0 N–H and O–H groups in total. The lowest BCUT2D eigenvalue weighted by molar-refractivity contribution is 0.420. The van der Waals surface area contributed by atoms with E-state index in [1.807, 2.05) is 0 Å². The van der Waals surface area contributed by atoms with Crippen molar-refractivity contribution >= 4 is 11.6 Å². The summed E-state index contributed by atoms with van der Waals surface area (Å²) in [7, 11) is 4.23. The van der Waals surface area contributed by atoms with E-state index >= 15 is 0 Å². The molecule has 2 aromatic carbocycles. The summed E-state index contributed by atoms with van der Waals surface area (Å²) in [5, 5.41) is 0. The molecule has 1 nitrogen and oxygen atoms in total. The summed E-state index contributed by atoms with van der Waals surface area (Å²) in [5.74, 6) is 0. The monoisotopic (exact) mass is 251 g/mol. The second-order valence-electron chi connectivity index (χ2n) is 5.00. The molecule has 0 aliphatic carbocycles. The lowest BCUT2D eigenvalue weighted by atomic mass is 10.00. The van der Waals surface area contributed by atoms with Gasteiger partial charge in [0.05, 0.1) is 0 Å². The topological polar surface area (TPSA) is 3.24 Å². The number of benzene rings is 2. The Kier molecular flexibility index (Phi) is 4.93. The maximum atomic E-state index is 2.29. The maximum absolute atomic E-state index is 2.29. The van der Waals surface area contributed by atoms with Gasteiger partial charge in [-0.2, -0.15) is 0 Å². The van der Waals surface area contributed by atoms with E-state index in [1.165, 1.54) is 16.7 Å². The van der Waals surface area contributed by atoms with Crippen molar-refractivity contribution in [2.45, 2.75) is 6.42 Å². The highest BCUT2D eigenvalue weighted by Crippen LogP contribution is 2.21. The molecule has 0 radical (unpaired) electrons. The average Bonchev–Trinajstić information content (AvgIpc) is 2.45. The summed E-state index contributed by atoms with van der Waals surface area (Å²) < 4.78 is 0. The highest BCUT2D eigenvalue weighted by Gasteiger charge is 2.02. The third-order valence-electron chi connectivity index (χ3n) is 3.11. The fourth-order valence-electron chi connectivity index (χ4n) is 2.05. The van der Waals surface area contributed by atoms with Gasteiger partial charge >= 0.3 is 0 Å². The van der Waals surface area contributed by atoms with Crippen LogP contribution in [0.15, 0.2) is 60.7 Å². The summed E-state index contributed by atoms with van der Waals surface area (Å²) in [5.41, 5.74) is 3.97. The van der Waals surface area contributed by atoms with Crippen LogP contribution >= 0.6 is 0 Å². The minimum atomic E-state index is 1.06. The van der Waals surface area contributed by atoms with Crippen molar-refractivity contribution in [2.75, 3.05) is 20.6 Å². The minimum absolute atomic E-state index is 1.06. The molecule has 0 heterocycles. The van der Waals surface area contributed by atoms with E-state index < -0.39 is 0 Å². The van der Waals surface area contributed by atoms with Crippen LogP contribution < -0.4 is 0 Å². The van der Waals surface area contributed by atoms with Crippen LogP contribution in [0.2, 0.25) is 0 Å². The molecule has 2 aromatic rings. The number of nitrogens with zero attached hydrogens (tertiary/aromatic N) is 1. The lowest BCUT2D eigenvalue weighted by Crippen LogP contribution is -2.13. The van der Waals surface area contributed by atoms with E-state index in [2.05, 4.69) is 85.7 Å². The Morgan fingerprint density at radius 1 is 0.895 bits per heavy atom. The fraction of sp³-hybridized carbons (Fsp3) is 0.222. The van der Waals surface area contributed by atoms with Crippen LogP contribution in [0.4, 0.5) is 0 Å². The van der Waals surface area contributed by atoms with Crippen LogP contribution in [0, 0.1) is 0 Å². The third kappa shape index (κ3) is 4.38. The highest BCUT2D eigenvalue weighted by molar-refractivity contribution is 5.81. The smallest absolute Gasteiger partial charge is 0.00159 e. The number of hydrogen-bond donors (Lipinski definition) is 0. The normalized spacial score (nSPS) is 11.8. The summed E-state index contributed by atoms with van der Waals surface area (Å²) >= 11 is 0. The zero-order chi connectivity index (χ0) is 13.5. The van der Waals surface area contributed by atoms with Crippen LogP contribution in [0.25, 0.3) is 11.6 Å².